The molecule has 12 heavy (non-hydrogen) atoms. The minimum absolute atomic E-state index is 0.304. The van der Waals surface area contributed by atoms with Gasteiger partial charge in [0.25, 0.3) is 0 Å². The lowest BCUT2D eigenvalue weighted by atomic mass is 10.0. The number of benzene rings is 1. The highest BCUT2D eigenvalue weighted by Gasteiger charge is 2.04. The molecule has 0 bridgehead atoms. The van der Waals surface area contributed by atoms with Gasteiger partial charge in [0.2, 0.25) is 0 Å². The van der Waals surface area contributed by atoms with E-state index in [0.717, 1.165) is 16.1 Å². The van der Waals surface area contributed by atoms with Gasteiger partial charge in [-0.2, -0.15) is 0 Å². The lowest BCUT2D eigenvalue weighted by Gasteiger charge is -2.08. The van der Waals surface area contributed by atoms with Gasteiger partial charge < -0.3 is 5.11 Å². The second-order valence-electron chi connectivity index (χ2n) is 3.08. The Morgan fingerprint density at radius 2 is 2.17 bits per heavy atom. The molecule has 1 aromatic carbocycles. The van der Waals surface area contributed by atoms with Crippen LogP contribution < -0.4 is 0 Å². The van der Waals surface area contributed by atoms with Gasteiger partial charge >= 0.3 is 0 Å². The Morgan fingerprint density at radius 3 is 2.75 bits per heavy atom. The van der Waals surface area contributed by atoms with Crippen molar-refractivity contribution in [1.82, 2.24) is 0 Å². The molecule has 66 valence electrons. The average Bonchev–Trinajstić information content (AvgIpc) is 1.98. The highest BCUT2D eigenvalue weighted by Crippen LogP contribution is 2.19. The first-order chi connectivity index (χ1) is 5.61. The van der Waals surface area contributed by atoms with Crippen molar-refractivity contribution in [2.24, 2.45) is 0 Å². The van der Waals surface area contributed by atoms with Crippen molar-refractivity contribution < 1.29 is 5.11 Å². The van der Waals surface area contributed by atoms with E-state index in [0.29, 0.717) is 6.42 Å². The van der Waals surface area contributed by atoms with Crippen LogP contribution in [-0.2, 0) is 6.42 Å². The summed E-state index contributed by atoms with van der Waals surface area (Å²) in [5, 5.41) is 9.95. The molecule has 1 unspecified atom stereocenters. The van der Waals surface area contributed by atoms with Crippen molar-refractivity contribution in [2.45, 2.75) is 26.4 Å². The van der Waals surface area contributed by atoms with E-state index in [4.69, 9.17) is 11.6 Å². The van der Waals surface area contributed by atoms with Crippen LogP contribution >= 0.6 is 11.6 Å². The van der Waals surface area contributed by atoms with Gasteiger partial charge in [-0.1, -0.05) is 23.7 Å². The molecule has 1 N–H and O–H groups in total. The van der Waals surface area contributed by atoms with Crippen LogP contribution in [0.25, 0.3) is 0 Å². The van der Waals surface area contributed by atoms with Crippen molar-refractivity contribution in [1.29, 1.82) is 0 Å². The van der Waals surface area contributed by atoms with E-state index in [-0.39, 0.29) is 6.10 Å². The summed E-state index contributed by atoms with van der Waals surface area (Å²) in [6.45, 7) is 3.75. The standard InChI is InChI=1S/C10H13ClO/c1-7(12)6-9-4-3-5-10(11)8(9)2/h3-5,7,12H,6H2,1-2H3. The summed E-state index contributed by atoms with van der Waals surface area (Å²) in [4.78, 5) is 0. The van der Waals surface area contributed by atoms with Gasteiger partial charge in [0.15, 0.2) is 0 Å². The van der Waals surface area contributed by atoms with E-state index in [9.17, 15) is 5.11 Å². The topological polar surface area (TPSA) is 20.2 Å². The lowest BCUT2D eigenvalue weighted by molar-refractivity contribution is 0.195. The largest absolute Gasteiger partial charge is 0.393 e. The van der Waals surface area contributed by atoms with Crippen LogP contribution in [0.4, 0.5) is 0 Å². The molecule has 1 atom stereocenters. The molecule has 0 amide bonds. The average molecular weight is 185 g/mol. The number of halogens is 1. The fourth-order valence-corrected chi connectivity index (χ4v) is 1.39. The smallest absolute Gasteiger partial charge is 0.0552 e. The normalized spacial score (nSPS) is 13.0. The Morgan fingerprint density at radius 1 is 1.50 bits per heavy atom. The zero-order valence-electron chi connectivity index (χ0n) is 7.34. The van der Waals surface area contributed by atoms with Crippen molar-refractivity contribution in [2.75, 3.05) is 0 Å². The molecule has 0 heterocycles. The lowest BCUT2D eigenvalue weighted by Crippen LogP contribution is -2.05. The molecule has 0 saturated heterocycles. The summed E-state index contributed by atoms with van der Waals surface area (Å²) >= 11 is 5.92. The summed E-state index contributed by atoms with van der Waals surface area (Å²) in [5.41, 5.74) is 2.19. The first-order valence-corrected chi connectivity index (χ1v) is 4.41. The Balaban J connectivity index is 2.92. The van der Waals surface area contributed by atoms with Crippen LogP contribution in [0.1, 0.15) is 18.1 Å². The van der Waals surface area contributed by atoms with Gasteiger partial charge in [0.1, 0.15) is 0 Å². The molecule has 1 aromatic rings. The van der Waals surface area contributed by atoms with E-state index in [1.54, 1.807) is 6.92 Å². The maximum atomic E-state index is 9.18. The van der Waals surface area contributed by atoms with Gasteiger partial charge in [-0.25, -0.2) is 0 Å². The molecule has 1 rings (SSSR count). The van der Waals surface area contributed by atoms with Crippen LogP contribution in [0.3, 0.4) is 0 Å². The molecule has 0 aliphatic heterocycles. The zero-order chi connectivity index (χ0) is 9.14. The monoisotopic (exact) mass is 184 g/mol. The molecule has 2 heteroatoms. The molecular formula is C10H13ClO. The van der Waals surface area contributed by atoms with Gasteiger partial charge in [-0.3, -0.25) is 0 Å². The predicted octanol–water partition coefficient (Wildman–Crippen LogP) is 2.57. The second-order valence-corrected chi connectivity index (χ2v) is 3.48. The first kappa shape index (κ1) is 9.56. The fraction of sp³-hybridized carbons (Fsp3) is 0.400. The third kappa shape index (κ3) is 2.23. The predicted molar refractivity (Wildman–Crippen MR) is 51.6 cm³/mol. The molecule has 0 radical (unpaired) electrons. The van der Waals surface area contributed by atoms with Crippen molar-refractivity contribution in [3.63, 3.8) is 0 Å². The third-order valence-electron chi connectivity index (χ3n) is 1.90. The number of aliphatic hydroxyl groups excluding tert-OH is 1. The minimum Gasteiger partial charge on any atom is -0.393 e. The highest BCUT2D eigenvalue weighted by atomic mass is 35.5. The number of rotatable bonds is 2. The van der Waals surface area contributed by atoms with Crippen LogP contribution in [0, 0.1) is 6.92 Å². The highest BCUT2D eigenvalue weighted by molar-refractivity contribution is 6.31. The summed E-state index contributed by atoms with van der Waals surface area (Å²) in [6.07, 6.45) is 0.369. The zero-order valence-corrected chi connectivity index (χ0v) is 8.10. The van der Waals surface area contributed by atoms with E-state index in [2.05, 4.69) is 0 Å². The third-order valence-corrected chi connectivity index (χ3v) is 2.30. The number of hydrogen-bond acceptors (Lipinski definition) is 1. The quantitative estimate of drug-likeness (QED) is 0.749. The SMILES string of the molecule is Cc1c(Cl)cccc1CC(C)O. The molecule has 0 aliphatic carbocycles. The van der Waals surface area contributed by atoms with Gasteiger partial charge in [0.05, 0.1) is 6.10 Å². The second kappa shape index (κ2) is 3.92. The molecule has 0 spiro atoms. The van der Waals surface area contributed by atoms with E-state index >= 15 is 0 Å². The maximum Gasteiger partial charge on any atom is 0.0552 e. The number of aliphatic hydroxyl groups is 1. The minimum atomic E-state index is -0.304. The molecule has 1 nitrogen and oxygen atoms in total. The van der Waals surface area contributed by atoms with Gasteiger partial charge in [-0.05, 0) is 37.5 Å². The van der Waals surface area contributed by atoms with Gasteiger partial charge in [0, 0.05) is 5.02 Å². The molecule has 0 aliphatic rings. The van der Waals surface area contributed by atoms with E-state index < -0.39 is 0 Å². The molecule has 0 fully saturated rings. The van der Waals surface area contributed by atoms with Crippen molar-refractivity contribution >= 4 is 11.6 Å². The van der Waals surface area contributed by atoms with Crippen LogP contribution in [0.2, 0.25) is 5.02 Å². The van der Waals surface area contributed by atoms with Crippen molar-refractivity contribution in [3.05, 3.63) is 34.3 Å². The summed E-state index contributed by atoms with van der Waals surface area (Å²) in [6, 6.07) is 5.77. The first-order valence-electron chi connectivity index (χ1n) is 4.03. The summed E-state index contributed by atoms with van der Waals surface area (Å²) < 4.78 is 0. The van der Waals surface area contributed by atoms with Crippen LogP contribution in [0.15, 0.2) is 18.2 Å². The number of hydrogen-bond donors (Lipinski definition) is 1. The van der Waals surface area contributed by atoms with Crippen LogP contribution in [-0.4, -0.2) is 11.2 Å². The van der Waals surface area contributed by atoms with Crippen LogP contribution in [0.5, 0.6) is 0 Å². The summed E-state index contributed by atoms with van der Waals surface area (Å²) in [7, 11) is 0. The molecule has 0 saturated carbocycles. The Hall–Kier alpha value is -0.530. The van der Waals surface area contributed by atoms with E-state index in [1.165, 1.54) is 0 Å². The Kier molecular flexibility index (Phi) is 3.12. The maximum absolute atomic E-state index is 9.18. The summed E-state index contributed by atoms with van der Waals surface area (Å²) in [5.74, 6) is 0. The molecular weight excluding hydrogens is 172 g/mol. The van der Waals surface area contributed by atoms with Crippen molar-refractivity contribution in [3.8, 4) is 0 Å². The molecule has 0 aromatic heterocycles. The fourth-order valence-electron chi connectivity index (χ4n) is 1.19. The Bertz CT molecular complexity index is 269. The van der Waals surface area contributed by atoms with Gasteiger partial charge in [-0.15, -0.1) is 0 Å². The van der Waals surface area contributed by atoms with E-state index in [1.807, 2.05) is 25.1 Å². The Labute approximate surface area is 78.0 Å².